The summed E-state index contributed by atoms with van der Waals surface area (Å²) in [6, 6.07) is 9.84. The predicted molar refractivity (Wildman–Crippen MR) is 95.2 cm³/mol. The summed E-state index contributed by atoms with van der Waals surface area (Å²) in [5.41, 5.74) is 2.91. The Kier molecular flexibility index (Phi) is 5.35. The SMILES string of the molecule is COc1ccc(Cc2noc(-c3cc(C4CCNC4)[nH]n3)n2)cc1.Cl. The van der Waals surface area contributed by atoms with Gasteiger partial charge in [0.2, 0.25) is 0 Å². The summed E-state index contributed by atoms with van der Waals surface area (Å²) in [5.74, 6) is 2.40. The molecular formula is C17H20ClN5O2. The van der Waals surface area contributed by atoms with Gasteiger partial charge in [-0.15, -0.1) is 12.4 Å². The largest absolute Gasteiger partial charge is 0.497 e. The van der Waals surface area contributed by atoms with Gasteiger partial charge in [-0.1, -0.05) is 17.3 Å². The van der Waals surface area contributed by atoms with E-state index >= 15 is 0 Å². The summed E-state index contributed by atoms with van der Waals surface area (Å²) < 4.78 is 10.5. The van der Waals surface area contributed by atoms with Crippen LogP contribution >= 0.6 is 12.4 Å². The van der Waals surface area contributed by atoms with Crippen molar-refractivity contribution >= 4 is 12.4 Å². The molecule has 0 bridgehead atoms. The maximum atomic E-state index is 5.36. The molecule has 1 atom stereocenters. The molecule has 3 heterocycles. The van der Waals surface area contributed by atoms with Gasteiger partial charge in [0.25, 0.3) is 5.89 Å². The third-order valence-electron chi connectivity index (χ3n) is 4.31. The topological polar surface area (TPSA) is 88.9 Å². The highest BCUT2D eigenvalue weighted by molar-refractivity contribution is 5.85. The maximum Gasteiger partial charge on any atom is 0.278 e. The number of rotatable bonds is 5. The van der Waals surface area contributed by atoms with Crippen LogP contribution in [0.25, 0.3) is 11.6 Å². The van der Waals surface area contributed by atoms with Crippen LogP contribution in [-0.4, -0.2) is 40.5 Å². The first-order chi connectivity index (χ1) is 11.8. The fourth-order valence-electron chi connectivity index (χ4n) is 2.93. The van der Waals surface area contributed by atoms with Gasteiger partial charge in [0.15, 0.2) is 11.5 Å². The first-order valence-electron chi connectivity index (χ1n) is 8.04. The first-order valence-corrected chi connectivity index (χ1v) is 8.04. The molecule has 25 heavy (non-hydrogen) atoms. The molecule has 1 aromatic carbocycles. The molecular weight excluding hydrogens is 342 g/mol. The maximum absolute atomic E-state index is 5.36. The second-order valence-electron chi connectivity index (χ2n) is 5.94. The van der Waals surface area contributed by atoms with Gasteiger partial charge < -0.3 is 14.6 Å². The molecule has 0 aliphatic carbocycles. The van der Waals surface area contributed by atoms with E-state index in [1.165, 1.54) is 0 Å². The Morgan fingerprint density at radius 2 is 2.12 bits per heavy atom. The van der Waals surface area contributed by atoms with Gasteiger partial charge in [0.1, 0.15) is 5.75 Å². The Labute approximate surface area is 151 Å². The lowest BCUT2D eigenvalue weighted by Gasteiger charge is -2.02. The van der Waals surface area contributed by atoms with Crippen molar-refractivity contribution in [2.45, 2.75) is 18.8 Å². The number of ether oxygens (including phenoxy) is 1. The smallest absolute Gasteiger partial charge is 0.278 e. The number of hydrogen-bond donors (Lipinski definition) is 2. The van der Waals surface area contributed by atoms with Gasteiger partial charge in [0.05, 0.1) is 7.11 Å². The average molecular weight is 362 g/mol. The van der Waals surface area contributed by atoms with E-state index < -0.39 is 0 Å². The molecule has 0 saturated carbocycles. The van der Waals surface area contributed by atoms with Crippen molar-refractivity contribution in [2.75, 3.05) is 20.2 Å². The van der Waals surface area contributed by atoms with Crippen LogP contribution in [0.5, 0.6) is 5.75 Å². The minimum absolute atomic E-state index is 0. The summed E-state index contributed by atoms with van der Waals surface area (Å²) >= 11 is 0. The Bertz CT molecular complexity index is 809. The van der Waals surface area contributed by atoms with Gasteiger partial charge >= 0.3 is 0 Å². The number of hydrogen-bond acceptors (Lipinski definition) is 6. The summed E-state index contributed by atoms with van der Waals surface area (Å²) in [6.45, 7) is 2.03. The van der Waals surface area contributed by atoms with E-state index in [2.05, 4.69) is 25.7 Å². The van der Waals surface area contributed by atoms with Crippen molar-refractivity contribution in [3.8, 4) is 17.3 Å². The lowest BCUT2D eigenvalue weighted by Crippen LogP contribution is -2.08. The van der Waals surface area contributed by atoms with E-state index in [1.54, 1.807) is 7.11 Å². The van der Waals surface area contributed by atoms with Crippen LogP contribution in [-0.2, 0) is 6.42 Å². The fourth-order valence-corrected chi connectivity index (χ4v) is 2.93. The van der Waals surface area contributed by atoms with Crippen molar-refractivity contribution in [2.24, 2.45) is 0 Å². The minimum Gasteiger partial charge on any atom is -0.497 e. The average Bonchev–Trinajstić information content (AvgIpc) is 3.36. The summed E-state index contributed by atoms with van der Waals surface area (Å²) in [6.07, 6.45) is 1.73. The van der Waals surface area contributed by atoms with Gasteiger partial charge in [-0.3, -0.25) is 5.10 Å². The summed E-state index contributed by atoms with van der Waals surface area (Å²) in [7, 11) is 1.65. The zero-order valence-corrected chi connectivity index (χ0v) is 14.7. The molecule has 0 amide bonds. The molecule has 1 unspecified atom stereocenters. The number of aromatic nitrogens is 4. The summed E-state index contributed by atoms with van der Waals surface area (Å²) in [4.78, 5) is 4.45. The lowest BCUT2D eigenvalue weighted by molar-refractivity contribution is 0.414. The fraction of sp³-hybridized carbons (Fsp3) is 0.353. The van der Waals surface area contributed by atoms with Crippen LogP contribution in [0.2, 0.25) is 0 Å². The van der Waals surface area contributed by atoms with Crippen LogP contribution in [0, 0.1) is 0 Å². The van der Waals surface area contributed by atoms with Gasteiger partial charge in [-0.05, 0) is 36.7 Å². The highest BCUT2D eigenvalue weighted by atomic mass is 35.5. The molecule has 1 aliphatic heterocycles. The molecule has 1 fully saturated rings. The molecule has 2 N–H and O–H groups in total. The molecule has 7 nitrogen and oxygen atoms in total. The highest BCUT2D eigenvalue weighted by Gasteiger charge is 2.20. The van der Waals surface area contributed by atoms with E-state index in [-0.39, 0.29) is 12.4 Å². The molecule has 2 aromatic heterocycles. The minimum atomic E-state index is 0. The van der Waals surface area contributed by atoms with Crippen LogP contribution in [0.15, 0.2) is 34.9 Å². The molecule has 0 spiro atoms. The predicted octanol–water partition coefficient (Wildman–Crippen LogP) is 2.56. The number of methoxy groups -OCH3 is 1. The van der Waals surface area contributed by atoms with Crippen LogP contribution in [0.3, 0.4) is 0 Å². The standard InChI is InChI=1S/C17H19N5O2.ClH/c1-23-13-4-2-11(3-5-13)8-16-19-17(24-22-16)15-9-14(20-21-15)12-6-7-18-10-12;/h2-5,9,12,18H,6-8,10H2,1H3,(H,20,21);1H. The van der Waals surface area contributed by atoms with Crippen LogP contribution < -0.4 is 10.1 Å². The monoisotopic (exact) mass is 361 g/mol. The molecule has 4 rings (SSSR count). The zero-order valence-electron chi connectivity index (χ0n) is 13.9. The van der Waals surface area contributed by atoms with Gasteiger partial charge in [0, 0.05) is 24.6 Å². The molecule has 3 aromatic rings. The van der Waals surface area contributed by atoms with E-state index in [0.29, 0.717) is 29.7 Å². The zero-order chi connectivity index (χ0) is 16.4. The second kappa shape index (κ2) is 7.67. The van der Waals surface area contributed by atoms with Crippen molar-refractivity contribution in [1.82, 2.24) is 25.7 Å². The third-order valence-corrected chi connectivity index (χ3v) is 4.31. The van der Waals surface area contributed by atoms with Crippen molar-refractivity contribution in [3.63, 3.8) is 0 Å². The molecule has 1 aliphatic rings. The number of halogens is 1. The lowest BCUT2D eigenvalue weighted by atomic mass is 10.1. The number of H-pyrrole nitrogens is 1. The number of nitrogens with one attached hydrogen (secondary N) is 2. The van der Waals surface area contributed by atoms with Crippen LogP contribution in [0.4, 0.5) is 0 Å². The van der Waals surface area contributed by atoms with E-state index in [1.807, 2.05) is 30.3 Å². The quantitative estimate of drug-likeness (QED) is 0.726. The normalized spacial score (nSPS) is 16.6. The molecule has 1 saturated heterocycles. The van der Waals surface area contributed by atoms with Crippen LogP contribution in [0.1, 0.15) is 29.4 Å². The second-order valence-corrected chi connectivity index (χ2v) is 5.94. The Morgan fingerprint density at radius 3 is 2.84 bits per heavy atom. The van der Waals surface area contributed by atoms with E-state index in [4.69, 9.17) is 9.26 Å². The van der Waals surface area contributed by atoms with Crippen molar-refractivity contribution in [3.05, 3.63) is 47.4 Å². The Hall–Kier alpha value is -2.38. The number of aromatic amines is 1. The highest BCUT2D eigenvalue weighted by Crippen LogP contribution is 2.24. The van der Waals surface area contributed by atoms with E-state index in [0.717, 1.165) is 36.5 Å². The van der Waals surface area contributed by atoms with Crippen molar-refractivity contribution < 1.29 is 9.26 Å². The van der Waals surface area contributed by atoms with E-state index in [9.17, 15) is 0 Å². The van der Waals surface area contributed by atoms with Gasteiger partial charge in [-0.2, -0.15) is 10.1 Å². The first kappa shape index (κ1) is 17.4. The molecule has 0 radical (unpaired) electrons. The number of benzene rings is 1. The summed E-state index contributed by atoms with van der Waals surface area (Å²) in [5, 5.41) is 14.8. The van der Waals surface area contributed by atoms with Gasteiger partial charge in [-0.25, -0.2) is 0 Å². The third kappa shape index (κ3) is 3.83. The Balaban J connectivity index is 0.00000182. The molecule has 8 heteroatoms. The number of nitrogens with zero attached hydrogens (tertiary/aromatic N) is 3. The molecule has 132 valence electrons. The van der Waals surface area contributed by atoms with Crippen molar-refractivity contribution in [1.29, 1.82) is 0 Å². The Morgan fingerprint density at radius 1 is 1.28 bits per heavy atom.